The smallest absolute Gasteiger partial charge is 0.337 e. The van der Waals surface area contributed by atoms with Crippen LogP contribution in [-0.4, -0.2) is 50.2 Å². The minimum absolute atomic E-state index is 0.00529. The zero-order valence-corrected chi connectivity index (χ0v) is 11.0. The van der Waals surface area contributed by atoms with Crippen molar-refractivity contribution in [2.45, 2.75) is 6.04 Å². The number of hydrogen-bond donors (Lipinski definition) is 1. The number of methoxy groups -OCH3 is 1. The van der Waals surface area contributed by atoms with Crippen molar-refractivity contribution in [1.82, 2.24) is 4.90 Å². The molecular weight excluding hydrogens is 246 g/mol. The molecule has 1 aromatic carbocycles. The average molecular weight is 263 g/mol. The van der Waals surface area contributed by atoms with Crippen LogP contribution in [0, 0.1) is 0 Å². The summed E-state index contributed by atoms with van der Waals surface area (Å²) in [5.41, 5.74) is 6.73. The van der Waals surface area contributed by atoms with Crippen molar-refractivity contribution in [1.29, 1.82) is 0 Å². The van der Waals surface area contributed by atoms with Crippen molar-refractivity contribution in [3.05, 3.63) is 29.8 Å². The van der Waals surface area contributed by atoms with Crippen LogP contribution in [0.5, 0.6) is 0 Å². The first-order chi connectivity index (χ1) is 9.08. The third kappa shape index (κ3) is 2.39. The van der Waals surface area contributed by atoms with Gasteiger partial charge in [0.1, 0.15) is 0 Å². The molecule has 0 aromatic heterocycles. The fourth-order valence-corrected chi connectivity index (χ4v) is 2.13. The van der Waals surface area contributed by atoms with E-state index in [1.54, 1.807) is 41.1 Å². The second kappa shape index (κ2) is 5.27. The molecule has 6 nitrogen and oxygen atoms in total. The number of likely N-dealkylation sites (N-methyl/N-ethyl adjacent to an activating group) is 1. The van der Waals surface area contributed by atoms with E-state index in [4.69, 9.17) is 5.73 Å². The molecule has 1 heterocycles. The highest BCUT2D eigenvalue weighted by atomic mass is 16.5. The summed E-state index contributed by atoms with van der Waals surface area (Å²) in [5, 5.41) is 0. The van der Waals surface area contributed by atoms with Crippen molar-refractivity contribution in [3.63, 3.8) is 0 Å². The maximum absolute atomic E-state index is 12.1. The molecule has 0 spiro atoms. The maximum atomic E-state index is 12.1. The highest BCUT2D eigenvalue weighted by molar-refractivity contribution is 5.97. The third-order valence-electron chi connectivity index (χ3n) is 3.32. The lowest BCUT2D eigenvalue weighted by atomic mass is 10.2. The molecule has 0 saturated carbocycles. The van der Waals surface area contributed by atoms with Crippen LogP contribution >= 0.6 is 0 Å². The highest BCUT2D eigenvalue weighted by Gasteiger charge is 2.34. The number of hydrogen-bond acceptors (Lipinski definition) is 4. The minimum Gasteiger partial charge on any atom is -0.465 e. The van der Waals surface area contributed by atoms with Gasteiger partial charge in [-0.15, -0.1) is 0 Å². The Morgan fingerprint density at radius 1 is 1.53 bits per heavy atom. The lowest BCUT2D eigenvalue weighted by molar-refractivity contribution is 0.0600. The molecule has 19 heavy (non-hydrogen) atoms. The summed E-state index contributed by atoms with van der Waals surface area (Å²) < 4.78 is 4.67. The monoisotopic (exact) mass is 263 g/mol. The van der Waals surface area contributed by atoms with Gasteiger partial charge < -0.3 is 15.4 Å². The fourth-order valence-electron chi connectivity index (χ4n) is 2.13. The SMILES string of the molecule is COC(=O)c1cccc(N2CC(CN)N(C)C2=O)c1. The van der Waals surface area contributed by atoms with Gasteiger partial charge in [-0.1, -0.05) is 6.07 Å². The lowest BCUT2D eigenvalue weighted by Gasteiger charge is -2.16. The van der Waals surface area contributed by atoms with Gasteiger partial charge in [-0.05, 0) is 18.2 Å². The van der Waals surface area contributed by atoms with Gasteiger partial charge in [0, 0.05) is 25.8 Å². The van der Waals surface area contributed by atoms with E-state index in [1.165, 1.54) is 7.11 Å². The topological polar surface area (TPSA) is 75.9 Å². The molecule has 1 aliphatic rings. The molecule has 2 rings (SSSR count). The van der Waals surface area contributed by atoms with Crippen LogP contribution in [0.2, 0.25) is 0 Å². The van der Waals surface area contributed by atoms with E-state index >= 15 is 0 Å². The predicted molar refractivity (Wildman–Crippen MR) is 71.1 cm³/mol. The third-order valence-corrected chi connectivity index (χ3v) is 3.32. The summed E-state index contributed by atoms with van der Waals surface area (Å²) in [7, 11) is 3.05. The number of benzene rings is 1. The summed E-state index contributed by atoms with van der Waals surface area (Å²) in [6.07, 6.45) is 0. The number of ether oxygens (including phenoxy) is 1. The Hall–Kier alpha value is -2.08. The molecule has 0 aliphatic carbocycles. The molecule has 0 radical (unpaired) electrons. The Morgan fingerprint density at radius 3 is 2.84 bits per heavy atom. The molecule has 1 aliphatic heterocycles. The Bertz CT molecular complexity index is 504. The van der Waals surface area contributed by atoms with Gasteiger partial charge in [-0.25, -0.2) is 9.59 Å². The maximum Gasteiger partial charge on any atom is 0.337 e. The molecule has 102 valence electrons. The second-order valence-corrected chi connectivity index (χ2v) is 4.44. The van der Waals surface area contributed by atoms with Crippen LogP contribution in [0.1, 0.15) is 10.4 Å². The Balaban J connectivity index is 2.28. The number of anilines is 1. The number of nitrogens with zero attached hydrogens (tertiary/aromatic N) is 2. The van der Waals surface area contributed by atoms with E-state index in [0.717, 1.165) is 0 Å². The first kappa shape index (κ1) is 13.4. The molecule has 1 atom stereocenters. The second-order valence-electron chi connectivity index (χ2n) is 4.44. The van der Waals surface area contributed by atoms with Crippen LogP contribution in [0.15, 0.2) is 24.3 Å². The fraction of sp³-hybridized carbons (Fsp3) is 0.385. The zero-order chi connectivity index (χ0) is 14.0. The molecule has 2 amide bonds. The molecule has 0 bridgehead atoms. The summed E-state index contributed by atoms with van der Waals surface area (Å²) in [6, 6.07) is 6.70. The quantitative estimate of drug-likeness (QED) is 0.813. The van der Waals surface area contributed by atoms with E-state index in [1.807, 2.05) is 0 Å². The van der Waals surface area contributed by atoms with E-state index < -0.39 is 5.97 Å². The van der Waals surface area contributed by atoms with Gasteiger partial charge in [-0.3, -0.25) is 4.90 Å². The molecule has 1 aromatic rings. The Kier molecular flexibility index (Phi) is 3.71. The van der Waals surface area contributed by atoms with Crippen molar-refractivity contribution in [2.24, 2.45) is 5.73 Å². The molecule has 1 saturated heterocycles. The van der Waals surface area contributed by atoms with E-state index in [9.17, 15) is 9.59 Å². The van der Waals surface area contributed by atoms with Crippen LogP contribution in [0.4, 0.5) is 10.5 Å². The average Bonchev–Trinajstić information content (AvgIpc) is 2.74. The van der Waals surface area contributed by atoms with Crippen LogP contribution in [0.25, 0.3) is 0 Å². The predicted octanol–water partition coefficient (Wildman–Crippen LogP) is 0.672. The Labute approximate surface area is 111 Å². The standard InChI is InChI=1S/C13H17N3O3/c1-15-11(7-14)8-16(13(15)18)10-5-3-4-9(6-10)12(17)19-2/h3-6,11H,7-8,14H2,1-2H3. The van der Waals surface area contributed by atoms with Gasteiger partial charge in [0.25, 0.3) is 0 Å². The first-order valence-corrected chi connectivity index (χ1v) is 6.01. The number of carbonyl (C=O) groups is 2. The first-order valence-electron chi connectivity index (χ1n) is 6.01. The lowest BCUT2D eigenvalue weighted by Crippen LogP contribution is -2.35. The number of amides is 2. The van der Waals surface area contributed by atoms with Gasteiger partial charge in [0.2, 0.25) is 0 Å². The normalized spacial score (nSPS) is 18.9. The van der Waals surface area contributed by atoms with Crippen molar-refractivity contribution in [2.75, 3.05) is 32.1 Å². The molecule has 6 heteroatoms. The minimum atomic E-state index is -0.419. The highest BCUT2D eigenvalue weighted by Crippen LogP contribution is 2.23. The number of rotatable bonds is 3. The molecule has 2 N–H and O–H groups in total. The zero-order valence-electron chi connectivity index (χ0n) is 11.0. The summed E-state index contributed by atoms with van der Waals surface area (Å²) in [4.78, 5) is 26.8. The largest absolute Gasteiger partial charge is 0.465 e. The van der Waals surface area contributed by atoms with Gasteiger partial charge in [0.15, 0.2) is 0 Å². The van der Waals surface area contributed by atoms with Gasteiger partial charge in [0.05, 0.1) is 18.7 Å². The van der Waals surface area contributed by atoms with E-state index in [2.05, 4.69) is 4.74 Å². The van der Waals surface area contributed by atoms with Gasteiger partial charge in [-0.2, -0.15) is 0 Å². The van der Waals surface area contributed by atoms with Crippen LogP contribution < -0.4 is 10.6 Å². The van der Waals surface area contributed by atoms with E-state index in [-0.39, 0.29) is 12.1 Å². The molecular formula is C13H17N3O3. The number of nitrogens with two attached hydrogens (primary N) is 1. The van der Waals surface area contributed by atoms with Crippen LogP contribution in [0.3, 0.4) is 0 Å². The Morgan fingerprint density at radius 2 is 2.26 bits per heavy atom. The number of urea groups is 1. The molecule has 1 fully saturated rings. The van der Waals surface area contributed by atoms with E-state index in [0.29, 0.717) is 24.3 Å². The van der Waals surface area contributed by atoms with Crippen molar-refractivity contribution < 1.29 is 14.3 Å². The molecule has 1 unspecified atom stereocenters. The van der Waals surface area contributed by atoms with Crippen molar-refractivity contribution >= 4 is 17.7 Å². The van der Waals surface area contributed by atoms with Crippen molar-refractivity contribution in [3.8, 4) is 0 Å². The summed E-state index contributed by atoms with van der Waals surface area (Å²) in [5.74, 6) is -0.419. The van der Waals surface area contributed by atoms with Gasteiger partial charge >= 0.3 is 12.0 Å². The summed E-state index contributed by atoms with van der Waals surface area (Å²) in [6.45, 7) is 0.936. The van der Waals surface area contributed by atoms with Crippen LogP contribution in [-0.2, 0) is 4.74 Å². The number of carbonyl (C=O) groups excluding carboxylic acids is 2. The summed E-state index contributed by atoms with van der Waals surface area (Å²) >= 11 is 0. The number of esters is 1.